The van der Waals surface area contributed by atoms with E-state index in [1.807, 2.05) is 12.1 Å². The summed E-state index contributed by atoms with van der Waals surface area (Å²) >= 11 is 0. The molecule has 1 aromatic carbocycles. The minimum atomic E-state index is -0.174. The predicted octanol–water partition coefficient (Wildman–Crippen LogP) is 2.84. The molecule has 2 amide bonds. The van der Waals surface area contributed by atoms with Crippen molar-refractivity contribution in [3.8, 4) is 5.75 Å². The Kier molecular flexibility index (Phi) is 6.28. The molecule has 0 saturated carbocycles. The van der Waals surface area contributed by atoms with Gasteiger partial charge in [0.1, 0.15) is 12.4 Å². The molecule has 128 valence electrons. The predicted molar refractivity (Wildman–Crippen MR) is 91.0 cm³/mol. The van der Waals surface area contributed by atoms with Gasteiger partial charge >= 0.3 is 6.03 Å². The highest BCUT2D eigenvalue weighted by atomic mass is 16.5. The first-order chi connectivity index (χ1) is 10.9. The van der Waals surface area contributed by atoms with Crippen molar-refractivity contribution in [1.29, 1.82) is 0 Å². The van der Waals surface area contributed by atoms with E-state index in [9.17, 15) is 4.79 Å². The van der Waals surface area contributed by atoms with Crippen LogP contribution in [0, 0.1) is 0 Å². The molecule has 5 heteroatoms. The summed E-state index contributed by atoms with van der Waals surface area (Å²) in [6.45, 7) is 8.84. The maximum atomic E-state index is 11.6. The third-order valence-corrected chi connectivity index (χ3v) is 3.89. The van der Waals surface area contributed by atoms with Crippen LogP contribution in [0.15, 0.2) is 24.3 Å². The van der Waals surface area contributed by atoms with Crippen molar-refractivity contribution in [3.63, 3.8) is 0 Å². The fraction of sp³-hybridized carbons (Fsp3) is 0.611. The fourth-order valence-electron chi connectivity index (χ4n) is 2.46. The largest absolute Gasteiger partial charge is 0.492 e. The Balaban J connectivity index is 1.60. The second kappa shape index (κ2) is 8.20. The topological polar surface area (TPSA) is 59.6 Å². The lowest BCUT2D eigenvalue weighted by Crippen LogP contribution is -2.41. The zero-order valence-electron chi connectivity index (χ0n) is 14.4. The average molecular weight is 320 g/mol. The Bertz CT molecular complexity index is 488. The highest BCUT2D eigenvalue weighted by Gasteiger charge is 2.16. The van der Waals surface area contributed by atoms with Gasteiger partial charge in [-0.3, -0.25) is 0 Å². The van der Waals surface area contributed by atoms with Gasteiger partial charge in [0.15, 0.2) is 0 Å². The van der Waals surface area contributed by atoms with E-state index in [0.717, 1.165) is 25.2 Å². The molecular formula is C18H28N2O3. The van der Waals surface area contributed by atoms with Crippen molar-refractivity contribution in [1.82, 2.24) is 10.6 Å². The molecule has 1 fully saturated rings. The van der Waals surface area contributed by atoms with E-state index >= 15 is 0 Å². The maximum Gasteiger partial charge on any atom is 0.315 e. The zero-order chi connectivity index (χ0) is 16.7. The van der Waals surface area contributed by atoms with Crippen LogP contribution in [0.2, 0.25) is 0 Å². The van der Waals surface area contributed by atoms with Crippen LogP contribution < -0.4 is 15.4 Å². The molecule has 1 atom stereocenters. The lowest BCUT2D eigenvalue weighted by Gasteiger charge is -2.19. The van der Waals surface area contributed by atoms with Gasteiger partial charge in [0.2, 0.25) is 0 Å². The van der Waals surface area contributed by atoms with Gasteiger partial charge in [-0.05, 0) is 36.0 Å². The zero-order valence-corrected chi connectivity index (χ0v) is 14.4. The van der Waals surface area contributed by atoms with Crippen LogP contribution in [0.1, 0.15) is 39.2 Å². The van der Waals surface area contributed by atoms with Crippen LogP contribution in [-0.2, 0) is 10.2 Å². The summed E-state index contributed by atoms with van der Waals surface area (Å²) < 4.78 is 11.1. The monoisotopic (exact) mass is 320 g/mol. The standard InChI is InChI=1S/C18H28N2O3/c1-18(2,3)14-6-8-15(9-7-14)23-12-10-19-17(21)20-13-16-5-4-11-22-16/h6-9,16H,4-5,10-13H2,1-3H3,(H2,19,20,21). The number of nitrogens with one attached hydrogen (secondary N) is 2. The smallest absolute Gasteiger partial charge is 0.315 e. The molecule has 0 spiro atoms. The molecular weight excluding hydrogens is 292 g/mol. The minimum absolute atomic E-state index is 0.140. The van der Waals surface area contributed by atoms with Crippen LogP contribution in [0.5, 0.6) is 5.75 Å². The first-order valence-corrected chi connectivity index (χ1v) is 8.32. The van der Waals surface area contributed by atoms with Crippen molar-refractivity contribution < 1.29 is 14.3 Å². The maximum absolute atomic E-state index is 11.6. The second-order valence-electron chi connectivity index (χ2n) is 6.89. The molecule has 1 aromatic rings. The van der Waals surface area contributed by atoms with Gasteiger partial charge in [-0.15, -0.1) is 0 Å². The van der Waals surface area contributed by atoms with Gasteiger partial charge in [-0.2, -0.15) is 0 Å². The van der Waals surface area contributed by atoms with Crippen LogP contribution >= 0.6 is 0 Å². The number of hydrogen-bond donors (Lipinski definition) is 2. The van der Waals surface area contributed by atoms with Gasteiger partial charge in [0.25, 0.3) is 0 Å². The normalized spacial score (nSPS) is 17.8. The number of benzene rings is 1. The molecule has 0 aromatic heterocycles. The molecule has 0 radical (unpaired) electrons. The number of carbonyl (C=O) groups excluding carboxylic acids is 1. The van der Waals surface area contributed by atoms with E-state index in [1.54, 1.807) is 0 Å². The Morgan fingerprint density at radius 3 is 2.61 bits per heavy atom. The molecule has 1 unspecified atom stereocenters. The third-order valence-electron chi connectivity index (χ3n) is 3.89. The lowest BCUT2D eigenvalue weighted by molar-refractivity contribution is 0.111. The van der Waals surface area contributed by atoms with Crippen molar-refractivity contribution in [3.05, 3.63) is 29.8 Å². The second-order valence-corrected chi connectivity index (χ2v) is 6.89. The van der Waals surface area contributed by atoms with Crippen molar-refractivity contribution in [2.24, 2.45) is 0 Å². The highest BCUT2D eigenvalue weighted by Crippen LogP contribution is 2.24. The molecule has 1 heterocycles. The van der Waals surface area contributed by atoms with Gasteiger partial charge in [-0.1, -0.05) is 32.9 Å². The SMILES string of the molecule is CC(C)(C)c1ccc(OCCNC(=O)NCC2CCCO2)cc1. The Morgan fingerprint density at radius 1 is 1.26 bits per heavy atom. The minimum Gasteiger partial charge on any atom is -0.492 e. The van der Waals surface area contributed by atoms with E-state index in [4.69, 9.17) is 9.47 Å². The summed E-state index contributed by atoms with van der Waals surface area (Å²) in [5, 5.41) is 5.60. The number of rotatable bonds is 6. The first kappa shape index (κ1) is 17.6. The highest BCUT2D eigenvalue weighted by molar-refractivity contribution is 5.73. The van der Waals surface area contributed by atoms with Crippen LogP contribution in [0.3, 0.4) is 0 Å². The molecule has 2 N–H and O–H groups in total. The number of amides is 2. The van der Waals surface area contributed by atoms with Gasteiger partial charge in [0.05, 0.1) is 12.6 Å². The Morgan fingerprint density at radius 2 is 2.00 bits per heavy atom. The first-order valence-electron chi connectivity index (χ1n) is 8.32. The van der Waals surface area contributed by atoms with Gasteiger partial charge in [0, 0.05) is 13.2 Å². The van der Waals surface area contributed by atoms with E-state index in [0.29, 0.717) is 19.7 Å². The Hall–Kier alpha value is -1.75. The lowest BCUT2D eigenvalue weighted by atomic mass is 9.87. The molecule has 23 heavy (non-hydrogen) atoms. The van der Waals surface area contributed by atoms with Gasteiger partial charge in [-0.25, -0.2) is 4.79 Å². The number of carbonyl (C=O) groups is 1. The summed E-state index contributed by atoms with van der Waals surface area (Å²) in [5.74, 6) is 0.819. The summed E-state index contributed by atoms with van der Waals surface area (Å²) in [6.07, 6.45) is 2.27. The fourth-order valence-corrected chi connectivity index (χ4v) is 2.46. The van der Waals surface area contributed by atoms with E-state index in [2.05, 4.69) is 43.5 Å². The number of urea groups is 1. The third kappa shape index (κ3) is 6.10. The molecule has 0 bridgehead atoms. The molecule has 2 rings (SSSR count). The van der Waals surface area contributed by atoms with E-state index in [-0.39, 0.29) is 17.6 Å². The van der Waals surface area contributed by atoms with Gasteiger partial charge < -0.3 is 20.1 Å². The molecule has 5 nitrogen and oxygen atoms in total. The summed E-state index contributed by atoms with van der Waals surface area (Å²) in [7, 11) is 0. The average Bonchev–Trinajstić information content (AvgIpc) is 3.02. The van der Waals surface area contributed by atoms with Crippen molar-refractivity contribution in [2.45, 2.75) is 45.1 Å². The number of ether oxygens (including phenoxy) is 2. The summed E-state index contributed by atoms with van der Waals surface area (Å²) in [5.41, 5.74) is 1.41. The van der Waals surface area contributed by atoms with Crippen LogP contribution in [0.25, 0.3) is 0 Å². The molecule has 1 aliphatic heterocycles. The van der Waals surface area contributed by atoms with Crippen LogP contribution in [0.4, 0.5) is 4.79 Å². The molecule has 0 aliphatic carbocycles. The Labute approximate surface area is 138 Å². The van der Waals surface area contributed by atoms with Crippen molar-refractivity contribution in [2.75, 3.05) is 26.3 Å². The summed E-state index contributed by atoms with van der Waals surface area (Å²) in [6, 6.07) is 7.93. The summed E-state index contributed by atoms with van der Waals surface area (Å²) in [4.78, 5) is 11.6. The van der Waals surface area contributed by atoms with Crippen LogP contribution in [-0.4, -0.2) is 38.4 Å². The van der Waals surface area contributed by atoms with E-state index in [1.165, 1.54) is 5.56 Å². The van der Waals surface area contributed by atoms with Crippen molar-refractivity contribution >= 4 is 6.03 Å². The quantitative estimate of drug-likeness (QED) is 0.792. The molecule has 1 saturated heterocycles. The van der Waals surface area contributed by atoms with E-state index < -0.39 is 0 Å². The number of hydrogen-bond acceptors (Lipinski definition) is 3. The molecule has 1 aliphatic rings.